The largest absolute Gasteiger partial charge is 2.00 e. The third-order valence-electron chi connectivity index (χ3n) is 0.780. The molecule has 0 bridgehead atoms. The normalized spacial score (nSPS) is 9.64. The molecule has 0 rings (SSSR count). The van der Waals surface area contributed by atoms with Crippen molar-refractivity contribution in [3.05, 3.63) is 0 Å². The maximum atomic E-state index is 9.80. The number of rotatable bonds is 3. The van der Waals surface area contributed by atoms with Gasteiger partial charge >= 0.3 is 22.5 Å². The Balaban J connectivity index is -0.0000000408. The summed E-state index contributed by atoms with van der Waals surface area (Å²) in [6, 6.07) is -0.903. The molecule has 11 heavy (non-hydrogen) atoms. The van der Waals surface area contributed by atoms with Crippen LogP contribution in [0.4, 0.5) is 0 Å². The Hall–Kier alpha value is 0.658. The number of hydrogen-bond acceptors (Lipinski definition) is 4. The van der Waals surface area contributed by atoms with E-state index in [9.17, 15) is 9.90 Å². The molecule has 0 aliphatic heterocycles. The molecule has 0 aromatic rings. The Morgan fingerprint density at radius 2 is 1.91 bits per heavy atom. The van der Waals surface area contributed by atoms with Crippen LogP contribution in [-0.2, 0) is 25.9 Å². The van der Waals surface area contributed by atoms with E-state index in [4.69, 9.17) is 11.5 Å². The third-order valence-corrected chi connectivity index (χ3v) is 0.780. The van der Waals surface area contributed by atoms with Gasteiger partial charge < -0.3 is 46.2 Å². The molecule has 0 saturated carbocycles. The molecular weight excluding hydrogens is 374 g/mol. The van der Waals surface area contributed by atoms with Crippen molar-refractivity contribution in [1.29, 1.82) is 0 Å². The topological polar surface area (TPSA) is 92.2 Å². The molecule has 0 aliphatic carbocycles. The number of halogens is 2. The Kier molecular flexibility index (Phi) is 27.2. The zero-order valence-corrected chi connectivity index (χ0v) is 9.32. The van der Waals surface area contributed by atoms with Crippen molar-refractivity contribution in [2.24, 2.45) is 11.5 Å². The van der Waals surface area contributed by atoms with E-state index in [0.29, 0.717) is 0 Å². The van der Waals surface area contributed by atoms with Gasteiger partial charge in [-0.15, -0.1) is 0 Å². The molecule has 0 saturated heterocycles. The molecule has 0 aliphatic rings. The van der Waals surface area contributed by atoms with Gasteiger partial charge in [0.15, 0.2) is 0 Å². The van der Waals surface area contributed by atoms with Crippen LogP contribution >= 0.6 is 0 Å². The zero-order valence-electron chi connectivity index (χ0n) is 6.53. The summed E-state index contributed by atoms with van der Waals surface area (Å²) in [5.41, 5.74) is 9.98. The number of hydrogen-bond donors (Lipinski definition) is 2. The van der Waals surface area contributed by atoms with E-state index in [2.05, 4.69) is 0 Å². The molecule has 0 amide bonds. The van der Waals surface area contributed by atoms with Crippen LogP contribution in [0.2, 0.25) is 0 Å². The average Bonchev–Trinajstić information content (AvgIpc) is 1.67. The van der Waals surface area contributed by atoms with Crippen LogP contribution in [0.25, 0.3) is 0 Å². The second-order valence-corrected chi connectivity index (χ2v) is 1.50. The summed E-state index contributed by atoms with van der Waals surface area (Å²) < 4.78 is 0. The van der Waals surface area contributed by atoms with Crippen LogP contribution in [0, 0.1) is 0 Å². The van der Waals surface area contributed by atoms with Gasteiger partial charge in [-0.3, -0.25) is 0 Å². The second-order valence-electron chi connectivity index (χ2n) is 1.50. The van der Waals surface area contributed by atoms with Gasteiger partial charge in [0, 0.05) is 6.04 Å². The van der Waals surface area contributed by atoms with E-state index in [1.807, 2.05) is 0 Å². The summed E-state index contributed by atoms with van der Waals surface area (Å²) in [7, 11) is 0. The van der Waals surface area contributed by atoms with Crippen molar-refractivity contribution >= 4 is 5.97 Å². The maximum absolute atomic E-state index is 9.80. The number of carboxylic acid groups (broad SMARTS) is 1. The number of carbonyl (C=O) groups excluding carboxylic acids is 1. The van der Waals surface area contributed by atoms with Crippen molar-refractivity contribution < 1.29 is 57.2 Å². The van der Waals surface area contributed by atoms with Gasteiger partial charge in [-0.2, -0.15) is 0 Å². The van der Waals surface area contributed by atoms with Gasteiger partial charge in [-0.05, 0) is 13.0 Å². The fraction of sp³-hybridized carbons (Fsp3) is 0.750. The van der Waals surface area contributed by atoms with Crippen LogP contribution in [0.3, 0.4) is 0 Å². The summed E-state index contributed by atoms with van der Waals surface area (Å²) >= 11 is 0. The summed E-state index contributed by atoms with van der Waals surface area (Å²) in [6.45, 7) is 0.287. The molecule has 0 fully saturated rings. The Morgan fingerprint density at radius 1 is 1.55 bits per heavy atom. The van der Waals surface area contributed by atoms with Gasteiger partial charge in [-0.25, -0.2) is 0 Å². The van der Waals surface area contributed by atoms with Gasteiger partial charge in [-0.1, -0.05) is 0 Å². The van der Waals surface area contributed by atoms with Crippen molar-refractivity contribution in [2.75, 3.05) is 6.54 Å². The smallest absolute Gasteiger partial charge is 1.00 e. The van der Waals surface area contributed by atoms with Crippen LogP contribution in [0.5, 0.6) is 0 Å². The molecule has 4 N–H and O–H groups in total. The molecule has 0 radical (unpaired) electrons. The molecule has 0 aromatic carbocycles. The third kappa shape index (κ3) is 13.6. The molecule has 7 heteroatoms. The summed E-state index contributed by atoms with van der Waals surface area (Å²) in [6.07, 6.45) is 0.280. The minimum atomic E-state index is -1.24. The summed E-state index contributed by atoms with van der Waals surface area (Å²) in [5.74, 6) is -1.24. The van der Waals surface area contributed by atoms with E-state index < -0.39 is 12.0 Å². The van der Waals surface area contributed by atoms with Crippen molar-refractivity contribution in [3.63, 3.8) is 0 Å². The van der Waals surface area contributed by atoms with Gasteiger partial charge in [0.05, 0.1) is 5.97 Å². The molecule has 0 heterocycles. The second kappa shape index (κ2) is 13.3. The average molecular weight is 384 g/mol. The molecular formula is C4H10Cl2N2O2Pt. The van der Waals surface area contributed by atoms with Crippen LogP contribution in [0.15, 0.2) is 0 Å². The maximum Gasteiger partial charge on any atom is 2.00 e. The zero-order chi connectivity index (χ0) is 6.57. The van der Waals surface area contributed by atoms with E-state index in [1.165, 1.54) is 0 Å². The molecule has 4 nitrogen and oxygen atoms in total. The fourth-order valence-electron chi connectivity index (χ4n) is 0.297. The Morgan fingerprint density at radius 3 is 2.00 bits per heavy atom. The first-order chi connectivity index (χ1) is 3.68. The Labute approximate surface area is 93.6 Å². The molecule has 0 aromatic heterocycles. The fourth-order valence-corrected chi connectivity index (χ4v) is 0.297. The number of carbonyl (C=O) groups is 1. The van der Waals surface area contributed by atoms with Gasteiger partial charge in [0.1, 0.15) is 0 Å². The molecule has 1 unspecified atom stereocenters. The van der Waals surface area contributed by atoms with E-state index in [0.717, 1.165) is 0 Å². The summed E-state index contributed by atoms with van der Waals surface area (Å²) in [4.78, 5) is 9.80. The number of aliphatic carboxylic acids is 1. The minimum Gasteiger partial charge on any atom is -1.00 e. The monoisotopic (exact) mass is 383 g/mol. The standard InChI is InChI=1S/C4H10N2O2.2ClH.Pt/c5-2-1-3(6)4(7)8;;;/h3H,1-2,5-6H2,(H,7,8);2*1H;/q;;;+2/p-2. The first-order valence-corrected chi connectivity index (χ1v) is 2.35. The van der Waals surface area contributed by atoms with Crippen molar-refractivity contribution in [2.45, 2.75) is 12.5 Å². The predicted octanol–water partition coefficient (Wildman–Crippen LogP) is -8.47. The van der Waals surface area contributed by atoms with E-state index in [-0.39, 0.29) is 60.3 Å². The molecule has 72 valence electrons. The Bertz CT molecular complexity index is 101. The quantitative estimate of drug-likeness (QED) is 0.506. The van der Waals surface area contributed by atoms with E-state index in [1.54, 1.807) is 0 Å². The minimum absolute atomic E-state index is 0. The molecule has 0 spiro atoms. The van der Waals surface area contributed by atoms with Crippen LogP contribution < -0.4 is 41.4 Å². The van der Waals surface area contributed by atoms with Crippen molar-refractivity contribution in [3.8, 4) is 0 Å². The summed E-state index contributed by atoms with van der Waals surface area (Å²) in [5, 5.41) is 9.80. The number of nitrogens with two attached hydrogens (primary N) is 2. The number of carboxylic acids is 1. The van der Waals surface area contributed by atoms with E-state index >= 15 is 0 Å². The SMILES string of the molecule is NCCC(N)C(=O)[O-].[Cl-].[Cl-].[H+].[Pt+2]. The van der Waals surface area contributed by atoms with Gasteiger partial charge in [0.2, 0.25) is 0 Å². The predicted molar refractivity (Wildman–Crippen MR) is 27.8 cm³/mol. The molecule has 1 atom stereocenters. The van der Waals surface area contributed by atoms with Crippen LogP contribution in [0.1, 0.15) is 7.85 Å². The first kappa shape index (κ1) is 22.6. The van der Waals surface area contributed by atoms with Crippen molar-refractivity contribution in [1.82, 2.24) is 0 Å². The van der Waals surface area contributed by atoms with Crippen LogP contribution in [-0.4, -0.2) is 18.6 Å². The first-order valence-electron chi connectivity index (χ1n) is 2.35. The van der Waals surface area contributed by atoms with Gasteiger partial charge in [0.25, 0.3) is 0 Å².